The number of benzene rings is 3. The summed E-state index contributed by atoms with van der Waals surface area (Å²) in [4.78, 5) is 15.3. The number of ether oxygens (including phenoxy) is 4. The smallest absolute Gasteiger partial charge is 0.265 e. The molecule has 1 aliphatic rings. The summed E-state index contributed by atoms with van der Waals surface area (Å²) in [6.45, 7) is 2.75. The molecule has 4 rings (SSSR count). The molecule has 0 atom stereocenters. The molecule has 214 valence electrons. The van der Waals surface area contributed by atoms with Crippen molar-refractivity contribution in [2.24, 2.45) is 0 Å². The molecule has 1 fully saturated rings. The molecule has 0 aliphatic carbocycles. The van der Waals surface area contributed by atoms with Crippen molar-refractivity contribution in [3.63, 3.8) is 0 Å². The standard InChI is InChI=1S/C28H32ClN3O7S/c1-36-25-10-6-21(29)16-24(25)32(40(34,35)23-9-11-26(37-2)27(17-23)38-3)19-28(33)30-18-20-4-7-22(8-5-20)31-12-14-39-15-13-31/h4-11,16-17H,12-15,18-19H2,1-3H3,(H,30,33). The third-order valence-corrected chi connectivity index (χ3v) is 8.43. The fraction of sp³-hybridized carbons (Fsp3) is 0.321. The van der Waals surface area contributed by atoms with Gasteiger partial charge in [0.1, 0.15) is 12.3 Å². The highest BCUT2D eigenvalue weighted by atomic mass is 35.5. The Hall–Kier alpha value is -3.67. The van der Waals surface area contributed by atoms with Gasteiger partial charge in [0.05, 0.1) is 45.1 Å². The van der Waals surface area contributed by atoms with Crippen LogP contribution >= 0.6 is 11.6 Å². The molecule has 0 radical (unpaired) electrons. The van der Waals surface area contributed by atoms with Crippen molar-refractivity contribution in [1.29, 1.82) is 0 Å². The number of hydrogen-bond acceptors (Lipinski definition) is 8. The number of sulfonamides is 1. The monoisotopic (exact) mass is 589 g/mol. The predicted octanol–water partition coefficient (Wildman–Crippen LogP) is 3.71. The molecule has 1 amide bonds. The van der Waals surface area contributed by atoms with Gasteiger partial charge in [0.2, 0.25) is 5.91 Å². The van der Waals surface area contributed by atoms with Crippen LogP contribution in [0.2, 0.25) is 5.02 Å². The second kappa shape index (κ2) is 13.1. The maximum Gasteiger partial charge on any atom is 0.265 e. The summed E-state index contributed by atoms with van der Waals surface area (Å²) in [5.41, 5.74) is 2.08. The van der Waals surface area contributed by atoms with Crippen LogP contribution in [0.25, 0.3) is 0 Å². The van der Waals surface area contributed by atoms with Crippen molar-refractivity contribution in [3.05, 3.63) is 71.2 Å². The number of rotatable bonds is 11. The molecule has 12 heteroatoms. The van der Waals surface area contributed by atoms with Gasteiger partial charge in [-0.3, -0.25) is 9.10 Å². The van der Waals surface area contributed by atoms with E-state index >= 15 is 0 Å². The Balaban J connectivity index is 1.57. The summed E-state index contributed by atoms with van der Waals surface area (Å²) in [5, 5.41) is 3.10. The topological polar surface area (TPSA) is 107 Å². The van der Waals surface area contributed by atoms with Gasteiger partial charge in [-0.05, 0) is 48.0 Å². The van der Waals surface area contributed by atoms with E-state index in [2.05, 4.69) is 10.2 Å². The van der Waals surface area contributed by atoms with Gasteiger partial charge in [-0.1, -0.05) is 23.7 Å². The Labute approximate surface area is 239 Å². The SMILES string of the molecule is COc1ccc(S(=O)(=O)N(CC(=O)NCc2ccc(N3CCOCC3)cc2)c2cc(Cl)ccc2OC)cc1OC. The third-order valence-electron chi connectivity index (χ3n) is 6.44. The van der Waals surface area contributed by atoms with E-state index in [-0.39, 0.29) is 33.6 Å². The minimum atomic E-state index is -4.27. The van der Waals surface area contributed by atoms with E-state index in [0.717, 1.165) is 28.6 Å². The predicted molar refractivity (Wildman–Crippen MR) is 153 cm³/mol. The fourth-order valence-corrected chi connectivity index (χ4v) is 5.90. The van der Waals surface area contributed by atoms with E-state index in [1.54, 1.807) is 12.1 Å². The van der Waals surface area contributed by atoms with Gasteiger partial charge in [-0.15, -0.1) is 0 Å². The van der Waals surface area contributed by atoms with E-state index in [4.69, 9.17) is 30.5 Å². The molecule has 40 heavy (non-hydrogen) atoms. The molecular formula is C28H32ClN3O7S. The number of carbonyl (C=O) groups is 1. The third kappa shape index (κ3) is 6.72. The van der Waals surface area contributed by atoms with Crippen LogP contribution in [-0.2, 0) is 26.1 Å². The van der Waals surface area contributed by atoms with Crippen LogP contribution in [0.15, 0.2) is 65.6 Å². The quantitative estimate of drug-likeness (QED) is 0.361. The van der Waals surface area contributed by atoms with Gasteiger partial charge in [-0.2, -0.15) is 0 Å². The van der Waals surface area contributed by atoms with Crippen LogP contribution in [0.3, 0.4) is 0 Å². The first-order chi connectivity index (χ1) is 19.3. The molecular weight excluding hydrogens is 558 g/mol. The average Bonchev–Trinajstić information content (AvgIpc) is 2.99. The van der Waals surface area contributed by atoms with Crippen molar-refractivity contribution < 1.29 is 32.2 Å². The highest BCUT2D eigenvalue weighted by Gasteiger charge is 2.30. The normalized spacial score (nSPS) is 13.4. The Morgan fingerprint density at radius 1 is 0.925 bits per heavy atom. The van der Waals surface area contributed by atoms with Gasteiger partial charge in [0.15, 0.2) is 11.5 Å². The van der Waals surface area contributed by atoms with E-state index in [1.165, 1.54) is 45.6 Å². The molecule has 3 aromatic carbocycles. The van der Waals surface area contributed by atoms with Gasteiger partial charge < -0.3 is 29.2 Å². The van der Waals surface area contributed by atoms with Gasteiger partial charge in [0, 0.05) is 36.4 Å². The van der Waals surface area contributed by atoms with E-state index in [9.17, 15) is 13.2 Å². The molecule has 0 unspecified atom stereocenters. The van der Waals surface area contributed by atoms with Crippen molar-refractivity contribution in [2.45, 2.75) is 11.4 Å². The number of amides is 1. The molecule has 1 saturated heterocycles. The Bertz CT molecular complexity index is 1430. The lowest BCUT2D eigenvalue weighted by Crippen LogP contribution is -2.41. The summed E-state index contributed by atoms with van der Waals surface area (Å²) in [5.74, 6) is 0.320. The molecule has 1 heterocycles. The highest BCUT2D eigenvalue weighted by molar-refractivity contribution is 7.92. The lowest BCUT2D eigenvalue weighted by Gasteiger charge is -2.29. The van der Waals surface area contributed by atoms with Crippen molar-refractivity contribution >= 4 is 38.9 Å². The Morgan fingerprint density at radius 3 is 2.23 bits per heavy atom. The molecule has 10 nitrogen and oxygen atoms in total. The summed E-state index contributed by atoms with van der Waals surface area (Å²) >= 11 is 6.22. The minimum Gasteiger partial charge on any atom is -0.495 e. The first kappa shape index (κ1) is 29.3. The highest BCUT2D eigenvalue weighted by Crippen LogP contribution is 2.37. The van der Waals surface area contributed by atoms with Crippen LogP contribution < -0.4 is 28.7 Å². The Kier molecular flexibility index (Phi) is 9.62. The van der Waals surface area contributed by atoms with Gasteiger partial charge >= 0.3 is 0 Å². The zero-order valence-electron chi connectivity index (χ0n) is 22.6. The zero-order valence-corrected chi connectivity index (χ0v) is 24.1. The van der Waals surface area contributed by atoms with Gasteiger partial charge in [-0.25, -0.2) is 8.42 Å². The van der Waals surface area contributed by atoms with Crippen LogP contribution in [-0.4, -0.2) is 68.5 Å². The summed E-state index contributed by atoms with van der Waals surface area (Å²) in [7, 11) is 0.000453. The summed E-state index contributed by atoms with van der Waals surface area (Å²) in [6, 6.07) is 16.6. The van der Waals surface area contributed by atoms with Crippen LogP contribution in [0.1, 0.15) is 5.56 Å². The lowest BCUT2D eigenvalue weighted by atomic mass is 10.2. The summed E-state index contributed by atoms with van der Waals surface area (Å²) in [6.07, 6.45) is 0. The molecule has 0 aromatic heterocycles. The van der Waals surface area contributed by atoms with Crippen LogP contribution in [0.4, 0.5) is 11.4 Å². The molecule has 0 saturated carbocycles. The average molecular weight is 590 g/mol. The number of halogens is 1. The first-order valence-corrected chi connectivity index (χ1v) is 14.3. The largest absolute Gasteiger partial charge is 0.495 e. The lowest BCUT2D eigenvalue weighted by molar-refractivity contribution is -0.119. The van der Waals surface area contributed by atoms with E-state index < -0.39 is 22.5 Å². The molecule has 1 N–H and O–H groups in total. The van der Waals surface area contributed by atoms with Crippen LogP contribution in [0.5, 0.6) is 17.2 Å². The first-order valence-electron chi connectivity index (χ1n) is 12.5. The van der Waals surface area contributed by atoms with Crippen molar-refractivity contribution in [2.75, 3.05) is 63.4 Å². The fourth-order valence-electron chi connectivity index (χ4n) is 4.30. The van der Waals surface area contributed by atoms with E-state index in [1.807, 2.05) is 24.3 Å². The molecule has 0 spiro atoms. The number of morpholine rings is 1. The molecule has 3 aromatic rings. The number of nitrogens with one attached hydrogen (secondary N) is 1. The van der Waals surface area contributed by atoms with E-state index in [0.29, 0.717) is 19.0 Å². The zero-order chi connectivity index (χ0) is 28.7. The maximum atomic E-state index is 13.9. The van der Waals surface area contributed by atoms with Crippen LogP contribution in [0, 0.1) is 0 Å². The number of nitrogens with zero attached hydrogens (tertiary/aromatic N) is 2. The Morgan fingerprint density at radius 2 is 1.57 bits per heavy atom. The second-order valence-electron chi connectivity index (χ2n) is 8.89. The van der Waals surface area contributed by atoms with Gasteiger partial charge in [0.25, 0.3) is 10.0 Å². The number of carbonyl (C=O) groups excluding carboxylic acids is 1. The van der Waals surface area contributed by atoms with Crippen molar-refractivity contribution in [1.82, 2.24) is 5.32 Å². The number of hydrogen-bond donors (Lipinski definition) is 1. The molecule has 1 aliphatic heterocycles. The van der Waals surface area contributed by atoms with Crippen molar-refractivity contribution in [3.8, 4) is 17.2 Å². The minimum absolute atomic E-state index is 0.0984. The number of anilines is 2. The maximum absolute atomic E-state index is 13.9. The second-order valence-corrected chi connectivity index (χ2v) is 11.2. The number of methoxy groups -OCH3 is 3. The summed E-state index contributed by atoms with van der Waals surface area (Å²) < 4.78 is 50.1. The molecule has 0 bridgehead atoms.